The van der Waals surface area contributed by atoms with Crippen molar-refractivity contribution >= 4 is 17.0 Å². The van der Waals surface area contributed by atoms with Gasteiger partial charge in [-0.25, -0.2) is 9.37 Å². The summed E-state index contributed by atoms with van der Waals surface area (Å²) in [4.78, 5) is 21.8. The fourth-order valence-electron chi connectivity index (χ4n) is 9.75. The number of likely N-dealkylation sites (tertiary alicyclic amines) is 1. The fraction of sp³-hybridized carbons (Fsp3) is 0.611. The van der Waals surface area contributed by atoms with Crippen molar-refractivity contribution in [3.8, 4) is 0 Å². The molecule has 230 valence electrons. The Balaban J connectivity index is 1.13. The molecule has 43 heavy (non-hydrogen) atoms. The lowest BCUT2D eigenvalue weighted by Gasteiger charge is -2.51. The summed E-state index contributed by atoms with van der Waals surface area (Å²) in [5.74, 6) is 0.745. The van der Waals surface area contributed by atoms with E-state index in [2.05, 4.69) is 51.6 Å². The molecule has 3 unspecified atom stereocenters. The van der Waals surface area contributed by atoms with E-state index in [0.29, 0.717) is 24.0 Å². The van der Waals surface area contributed by atoms with E-state index >= 15 is 0 Å². The Morgan fingerprint density at radius 3 is 2.51 bits per heavy atom. The molecule has 7 heteroatoms. The van der Waals surface area contributed by atoms with Crippen molar-refractivity contribution in [2.75, 3.05) is 19.6 Å². The second kappa shape index (κ2) is 12.0. The molecule has 0 amide bonds. The maximum atomic E-state index is 14.7. The second-order valence-electron chi connectivity index (χ2n) is 14.1. The third-order valence-electron chi connectivity index (χ3n) is 11.8. The number of piperidine rings is 2. The molecule has 2 aromatic carbocycles. The van der Waals surface area contributed by atoms with Crippen molar-refractivity contribution in [3.63, 3.8) is 0 Å². The van der Waals surface area contributed by atoms with Gasteiger partial charge >= 0.3 is 5.97 Å². The Morgan fingerprint density at radius 1 is 1.00 bits per heavy atom. The van der Waals surface area contributed by atoms with Gasteiger partial charge in [0.1, 0.15) is 11.6 Å². The molecule has 1 aliphatic carbocycles. The molecule has 1 aromatic heterocycles. The summed E-state index contributed by atoms with van der Waals surface area (Å²) >= 11 is 0. The fourth-order valence-corrected chi connectivity index (χ4v) is 9.75. The van der Waals surface area contributed by atoms with Crippen molar-refractivity contribution < 1.29 is 14.3 Å². The van der Waals surface area contributed by atoms with Crippen LogP contribution in [-0.2, 0) is 10.2 Å². The number of carboxylic acid groups (broad SMARTS) is 1. The molecule has 0 spiro atoms. The highest BCUT2D eigenvalue weighted by Crippen LogP contribution is 2.48. The van der Waals surface area contributed by atoms with Crippen molar-refractivity contribution in [2.24, 2.45) is 5.92 Å². The third-order valence-corrected chi connectivity index (χ3v) is 11.8. The number of hydrogen-bond acceptors (Lipinski definition) is 4. The Bertz CT molecular complexity index is 1440. The summed E-state index contributed by atoms with van der Waals surface area (Å²) in [6, 6.07) is 17.7. The van der Waals surface area contributed by atoms with Gasteiger partial charge in [0.15, 0.2) is 0 Å². The van der Waals surface area contributed by atoms with Gasteiger partial charge in [-0.2, -0.15) is 0 Å². The van der Waals surface area contributed by atoms with Crippen molar-refractivity contribution in [1.82, 2.24) is 19.4 Å². The van der Waals surface area contributed by atoms with Crippen LogP contribution in [0.15, 0.2) is 48.5 Å². The van der Waals surface area contributed by atoms with E-state index in [-0.39, 0.29) is 23.8 Å². The number of aryl methyl sites for hydroxylation is 1. The SMILES string of the molecule is Cc1nc2ccccc2n1C1C[C@H]2CC[C@@H](C1)N2CCC1(c2cccc(F)c2)CCN(CC(=O)O)C(C2CCCCC2)C1. The first-order valence-corrected chi connectivity index (χ1v) is 16.8. The van der Waals surface area contributed by atoms with E-state index in [9.17, 15) is 14.3 Å². The van der Waals surface area contributed by atoms with Gasteiger partial charge < -0.3 is 9.67 Å². The van der Waals surface area contributed by atoms with Crippen LogP contribution in [0.5, 0.6) is 0 Å². The summed E-state index contributed by atoms with van der Waals surface area (Å²) in [5, 5.41) is 9.77. The van der Waals surface area contributed by atoms with E-state index in [1.807, 2.05) is 6.07 Å². The summed E-state index contributed by atoms with van der Waals surface area (Å²) in [6.07, 6.45) is 13.7. The zero-order valence-electron chi connectivity index (χ0n) is 25.6. The Labute approximate surface area is 255 Å². The van der Waals surface area contributed by atoms with Gasteiger partial charge in [0, 0.05) is 24.2 Å². The van der Waals surface area contributed by atoms with Gasteiger partial charge in [-0.15, -0.1) is 0 Å². The average molecular weight is 587 g/mol. The van der Waals surface area contributed by atoms with Gasteiger partial charge in [0.25, 0.3) is 0 Å². The predicted octanol–water partition coefficient (Wildman–Crippen LogP) is 7.11. The molecule has 1 saturated carbocycles. The monoisotopic (exact) mass is 586 g/mol. The number of halogens is 1. The van der Waals surface area contributed by atoms with Gasteiger partial charge in [-0.05, 0) is 119 Å². The minimum atomic E-state index is -0.737. The van der Waals surface area contributed by atoms with E-state index in [1.54, 1.807) is 12.1 Å². The van der Waals surface area contributed by atoms with Crippen LogP contribution in [0.2, 0.25) is 0 Å². The lowest BCUT2D eigenvalue weighted by molar-refractivity contribution is -0.140. The number of fused-ring (bicyclic) bond motifs is 3. The minimum absolute atomic E-state index is 0.112. The van der Waals surface area contributed by atoms with E-state index in [0.717, 1.165) is 62.1 Å². The number of aromatic nitrogens is 2. The number of carbonyl (C=O) groups is 1. The zero-order chi connectivity index (χ0) is 29.6. The van der Waals surface area contributed by atoms with E-state index < -0.39 is 5.97 Å². The molecule has 2 bridgehead atoms. The van der Waals surface area contributed by atoms with Crippen molar-refractivity contribution in [2.45, 2.75) is 114 Å². The molecule has 4 fully saturated rings. The Kier molecular flexibility index (Phi) is 8.06. The number of benzene rings is 2. The number of nitrogens with zero attached hydrogens (tertiary/aromatic N) is 4. The van der Waals surface area contributed by atoms with Gasteiger partial charge in [0.05, 0.1) is 17.6 Å². The normalized spacial score (nSPS) is 30.7. The van der Waals surface area contributed by atoms with Crippen LogP contribution in [-0.4, -0.2) is 68.2 Å². The second-order valence-corrected chi connectivity index (χ2v) is 14.1. The first kappa shape index (κ1) is 29.0. The molecule has 4 aliphatic rings. The lowest BCUT2D eigenvalue weighted by atomic mass is 9.64. The van der Waals surface area contributed by atoms with Crippen LogP contribution in [0.1, 0.15) is 94.5 Å². The smallest absolute Gasteiger partial charge is 0.317 e. The van der Waals surface area contributed by atoms with Gasteiger partial charge in [-0.3, -0.25) is 14.6 Å². The lowest BCUT2D eigenvalue weighted by Crippen LogP contribution is -2.55. The van der Waals surface area contributed by atoms with E-state index in [4.69, 9.17) is 4.98 Å². The third kappa shape index (κ3) is 5.64. The topological polar surface area (TPSA) is 61.6 Å². The number of para-hydroxylation sites is 2. The molecular weight excluding hydrogens is 539 g/mol. The largest absolute Gasteiger partial charge is 0.480 e. The Morgan fingerprint density at radius 2 is 1.77 bits per heavy atom. The first-order chi connectivity index (χ1) is 20.9. The van der Waals surface area contributed by atoms with Crippen molar-refractivity contribution in [3.05, 3.63) is 65.7 Å². The van der Waals surface area contributed by atoms with Crippen LogP contribution < -0.4 is 0 Å². The molecule has 5 atom stereocenters. The van der Waals surface area contributed by atoms with Crippen LogP contribution in [0.25, 0.3) is 11.0 Å². The molecule has 1 N–H and O–H groups in total. The van der Waals surface area contributed by atoms with Gasteiger partial charge in [0.2, 0.25) is 0 Å². The highest BCUT2D eigenvalue weighted by Gasteiger charge is 2.47. The van der Waals surface area contributed by atoms with Crippen LogP contribution in [0, 0.1) is 18.7 Å². The first-order valence-electron chi connectivity index (χ1n) is 16.8. The average Bonchev–Trinajstić information content (AvgIpc) is 3.47. The minimum Gasteiger partial charge on any atom is -0.480 e. The molecule has 3 saturated heterocycles. The van der Waals surface area contributed by atoms with Gasteiger partial charge in [-0.1, -0.05) is 43.5 Å². The number of carboxylic acids is 1. The van der Waals surface area contributed by atoms with Crippen LogP contribution in [0.3, 0.4) is 0 Å². The van der Waals surface area contributed by atoms with E-state index in [1.165, 1.54) is 50.5 Å². The molecule has 0 radical (unpaired) electrons. The number of aliphatic carboxylic acids is 1. The highest BCUT2D eigenvalue weighted by molar-refractivity contribution is 5.76. The van der Waals surface area contributed by atoms with Crippen LogP contribution >= 0.6 is 0 Å². The number of hydrogen-bond donors (Lipinski definition) is 1. The molecule has 3 aromatic rings. The maximum absolute atomic E-state index is 14.7. The zero-order valence-corrected chi connectivity index (χ0v) is 25.6. The Hall–Kier alpha value is -2.77. The number of rotatable bonds is 8. The highest BCUT2D eigenvalue weighted by atomic mass is 19.1. The van der Waals surface area contributed by atoms with Crippen molar-refractivity contribution in [1.29, 1.82) is 0 Å². The summed E-state index contributed by atoms with van der Waals surface area (Å²) < 4.78 is 17.2. The summed E-state index contributed by atoms with van der Waals surface area (Å²) in [5.41, 5.74) is 3.33. The molecule has 6 nitrogen and oxygen atoms in total. The molecule has 4 heterocycles. The maximum Gasteiger partial charge on any atom is 0.317 e. The standard InChI is InChI=1S/C36H47FN4O2/c1-25-38-32-12-5-6-13-33(32)41(25)31-21-29-14-15-30(22-31)40(29)19-17-36(27-10-7-11-28(37)20-27)16-18-39(24-35(42)43)34(23-36)26-8-3-2-4-9-26/h5-7,10-13,20,26,29-31,34H,2-4,8-9,14-19,21-24H2,1H3,(H,42,43)/t29-,30+,31?,34?,36?. The molecular formula is C36H47FN4O2. The predicted molar refractivity (Wildman–Crippen MR) is 168 cm³/mol. The number of imidazole rings is 1. The van der Waals surface area contributed by atoms with Crippen LogP contribution in [0.4, 0.5) is 4.39 Å². The summed E-state index contributed by atoms with van der Waals surface area (Å²) in [7, 11) is 0. The molecule has 3 aliphatic heterocycles. The summed E-state index contributed by atoms with van der Waals surface area (Å²) in [6.45, 7) is 4.06. The quantitative estimate of drug-likeness (QED) is 0.305. The molecule has 7 rings (SSSR count).